The second kappa shape index (κ2) is 17.1. The van der Waals surface area contributed by atoms with Crippen molar-refractivity contribution in [3.63, 3.8) is 0 Å². The third kappa shape index (κ3) is 9.39. The van der Waals surface area contributed by atoms with Crippen LogP contribution in [0.25, 0.3) is 22.3 Å². The maximum Gasteiger partial charge on any atom is 0.338 e. The number of phenolic OH excluding ortho intramolecular Hbond substituents is 1. The smallest absolute Gasteiger partial charge is 0.338 e. The Hall–Kier alpha value is -4.94. The Morgan fingerprint density at radius 2 is 1.10 bits per heavy atom. The van der Waals surface area contributed by atoms with Crippen molar-refractivity contribution < 1.29 is 29.3 Å². The van der Waals surface area contributed by atoms with Gasteiger partial charge in [-0.1, -0.05) is 61.7 Å². The predicted molar refractivity (Wildman–Crippen MR) is 199 cm³/mol. The molecule has 2 aliphatic carbocycles. The lowest BCUT2D eigenvalue weighted by atomic mass is 9.84. The second-order valence-corrected chi connectivity index (χ2v) is 13.4. The average Bonchev–Trinajstić information content (AvgIpc) is 3.11. The van der Waals surface area contributed by atoms with Crippen LogP contribution in [0.3, 0.4) is 0 Å². The number of hydrogen-bond acceptors (Lipinski definition) is 6. The van der Waals surface area contributed by atoms with Crippen LogP contribution < -0.4 is 4.74 Å². The summed E-state index contributed by atoms with van der Waals surface area (Å²) in [4.78, 5) is 23.1. The summed E-state index contributed by atoms with van der Waals surface area (Å²) in [5, 5.41) is 18.4. The minimum Gasteiger partial charge on any atom is -0.508 e. The first kappa shape index (κ1) is 36.3. The Morgan fingerprint density at radius 1 is 0.620 bits per heavy atom. The van der Waals surface area contributed by atoms with E-state index in [1.54, 1.807) is 19.9 Å². The van der Waals surface area contributed by atoms with Gasteiger partial charge in [-0.2, -0.15) is 0 Å². The standard InChI is InChI=1S/C26H28O4.C18H20O2/c1-17(2)25(27)29-14-6-5-7-19-8-12-23-20(15-19)9-10-21-16-22(11-13-24(21)23)30-26(28)18(3)4;19-10-2-1-3-13-4-8-17-14(11-13)5-6-15-12-16(20)7-9-18(15)17/h8,11-13,15-16H,1,3,5-7,9-10,14H2,2,4H3;4,7-9,11-12,19-20H,1-3,5-6,10H2. The molecule has 0 fully saturated rings. The van der Waals surface area contributed by atoms with Crippen LogP contribution in [-0.4, -0.2) is 35.4 Å². The molecule has 0 aliphatic heterocycles. The minimum absolute atomic E-state index is 0.280. The molecule has 0 spiro atoms. The van der Waals surface area contributed by atoms with E-state index in [-0.39, 0.29) is 12.6 Å². The Morgan fingerprint density at radius 3 is 1.64 bits per heavy atom. The number of fused-ring (bicyclic) bond motifs is 6. The highest BCUT2D eigenvalue weighted by atomic mass is 16.5. The van der Waals surface area contributed by atoms with Gasteiger partial charge in [0.25, 0.3) is 0 Å². The van der Waals surface area contributed by atoms with Gasteiger partial charge < -0.3 is 19.7 Å². The highest BCUT2D eigenvalue weighted by Crippen LogP contribution is 2.37. The van der Waals surface area contributed by atoms with E-state index in [1.165, 1.54) is 55.6 Å². The van der Waals surface area contributed by atoms with E-state index in [9.17, 15) is 14.7 Å². The number of aliphatic hydroxyl groups is 1. The third-order valence-electron chi connectivity index (χ3n) is 9.29. The lowest BCUT2D eigenvalue weighted by molar-refractivity contribution is -0.139. The van der Waals surface area contributed by atoms with Gasteiger partial charge in [-0.15, -0.1) is 0 Å². The number of aryl methyl sites for hydroxylation is 6. The molecule has 2 N–H and O–H groups in total. The maximum atomic E-state index is 11.8. The van der Waals surface area contributed by atoms with E-state index < -0.39 is 5.97 Å². The SMILES string of the molecule is C=C(C)C(=O)OCCCCc1ccc2c(c1)CCc1cc(OC(=O)C(=C)C)ccc1-2.OCCCCc1ccc2c(c1)CCc1cc(O)ccc1-2. The van der Waals surface area contributed by atoms with Gasteiger partial charge in [0.15, 0.2) is 0 Å². The van der Waals surface area contributed by atoms with Crippen molar-refractivity contribution in [3.8, 4) is 33.8 Å². The van der Waals surface area contributed by atoms with E-state index in [4.69, 9.17) is 14.6 Å². The molecule has 0 bridgehead atoms. The summed E-state index contributed by atoms with van der Waals surface area (Å²) in [5.74, 6) is 0.201. The lowest BCUT2D eigenvalue weighted by Crippen LogP contribution is -2.10. The van der Waals surface area contributed by atoms with E-state index in [1.807, 2.05) is 30.3 Å². The number of benzene rings is 4. The molecule has 0 unspecified atom stereocenters. The molecule has 2 aliphatic rings. The van der Waals surface area contributed by atoms with Gasteiger partial charge in [0.05, 0.1) is 6.61 Å². The van der Waals surface area contributed by atoms with Crippen molar-refractivity contribution in [2.45, 2.75) is 78.1 Å². The maximum absolute atomic E-state index is 11.8. The topological polar surface area (TPSA) is 93.1 Å². The van der Waals surface area contributed by atoms with Crippen LogP contribution in [0.15, 0.2) is 97.1 Å². The van der Waals surface area contributed by atoms with Crippen molar-refractivity contribution in [2.75, 3.05) is 13.2 Å². The van der Waals surface area contributed by atoms with Crippen molar-refractivity contribution in [2.24, 2.45) is 0 Å². The molecule has 0 amide bonds. The van der Waals surface area contributed by atoms with Gasteiger partial charge in [0.2, 0.25) is 0 Å². The third-order valence-corrected chi connectivity index (χ3v) is 9.29. The molecular formula is C44H48O6. The summed E-state index contributed by atoms with van der Waals surface area (Å²) in [6.07, 6.45) is 9.64. The van der Waals surface area contributed by atoms with Crippen LogP contribution in [-0.2, 0) is 52.9 Å². The average molecular weight is 673 g/mol. The number of unbranched alkanes of at least 4 members (excludes halogenated alkanes) is 2. The molecule has 0 saturated carbocycles. The first-order valence-electron chi connectivity index (χ1n) is 17.6. The molecule has 0 heterocycles. The molecule has 0 saturated heterocycles. The summed E-state index contributed by atoms with van der Waals surface area (Å²) in [5.41, 5.74) is 13.7. The van der Waals surface area contributed by atoms with Crippen LogP contribution in [0.5, 0.6) is 11.5 Å². The number of ether oxygens (including phenoxy) is 2. The Balaban J connectivity index is 0.000000210. The molecule has 50 heavy (non-hydrogen) atoms. The molecule has 4 aromatic carbocycles. The molecule has 4 aromatic rings. The molecule has 0 aromatic heterocycles. The number of hydrogen-bond donors (Lipinski definition) is 2. The van der Waals surface area contributed by atoms with Gasteiger partial charge in [0, 0.05) is 17.8 Å². The molecular weight excluding hydrogens is 624 g/mol. The number of phenols is 1. The van der Waals surface area contributed by atoms with E-state index in [0.717, 1.165) is 64.2 Å². The fourth-order valence-electron chi connectivity index (χ4n) is 6.59. The summed E-state index contributed by atoms with van der Waals surface area (Å²) >= 11 is 0. The number of aliphatic hydroxyl groups excluding tert-OH is 1. The molecule has 260 valence electrons. The van der Waals surface area contributed by atoms with E-state index >= 15 is 0 Å². The lowest BCUT2D eigenvalue weighted by Gasteiger charge is -2.21. The van der Waals surface area contributed by atoms with Crippen LogP contribution in [0, 0.1) is 0 Å². The minimum atomic E-state index is -0.398. The van der Waals surface area contributed by atoms with Gasteiger partial charge in [-0.3, -0.25) is 0 Å². The zero-order valence-corrected chi connectivity index (χ0v) is 29.4. The van der Waals surface area contributed by atoms with E-state index in [0.29, 0.717) is 29.3 Å². The zero-order chi connectivity index (χ0) is 35.6. The zero-order valence-electron chi connectivity index (χ0n) is 29.4. The fraction of sp³-hybridized carbons (Fsp3) is 0.318. The molecule has 0 radical (unpaired) electrons. The highest BCUT2D eigenvalue weighted by molar-refractivity contribution is 5.89. The van der Waals surface area contributed by atoms with Crippen LogP contribution in [0.2, 0.25) is 0 Å². The molecule has 0 atom stereocenters. The number of carbonyl (C=O) groups excluding carboxylic acids is 2. The van der Waals surface area contributed by atoms with Crippen LogP contribution >= 0.6 is 0 Å². The quantitative estimate of drug-likeness (QED) is 0.0676. The van der Waals surface area contributed by atoms with E-state index in [2.05, 4.69) is 49.6 Å². The molecule has 6 heteroatoms. The summed E-state index contributed by atoms with van der Waals surface area (Å²) in [6, 6.07) is 24.8. The molecule has 6 rings (SSSR count). The monoisotopic (exact) mass is 672 g/mol. The van der Waals surface area contributed by atoms with Gasteiger partial charge in [-0.05, 0) is 158 Å². The second-order valence-electron chi connectivity index (χ2n) is 13.4. The Labute approximate surface area is 296 Å². The van der Waals surface area contributed by atoms with Gasteiger partial charge in [0.1, 0.15) is 11.5 Å². The van der Waals surface area contributed by atoms with Crippen molar-refractivity contribution in [1.29, 1.82) is 0 Å². The number of rotatable bonds is 12. The summed E-state index contributed by atoms with van der Waals surface area (Å²) in [7, 11) is 0. The Bertz CT molecular complexity index is 1880. The van der Waals surface area contributed by atoms with Gasteiger partial charge in [-0.25, -0.2) is 9.59 Å². The first-order chi connectivity index (χ1) is 24.1. The predicted octanol–water partition coefficient (Wildman–Crippen LogP) is 8.85. The highest BCUT2D eigenvalue weighted by Gasteiger charge is 2.19. The molecule has 6 nitrogen and oxygen atoms in total. The van der Waals surface area contributed by atoms with Crippen molar-refractivity contribution in [3.05, 3.63) is 130 Å². The number of esters is 2. The van der Waals surface area contributed by atoms with Crippen molar-refractivity contribution in [1.82, 2.24) is 0 Å². The van der Waals surface area contributed by atoms with Crippen LogP contribution in [0.4, 0.5) is 0 Å². The number of aromatic hydroxyl groups is 1. The summed E-state index contributed by atoms with van der Waals surface area (Å²) in [6.45, 7) is 11.2. The van der Waals surface area contributed by atoms with Gasteiger partial charge >= 0.3 is 11.9 Å². The van der Waals surface area contributed by atoms with Crippen LogP contribution in [0.1, 0.15) is 72.9 Å². The first-order valence-corrected chi connectivity index (χ1v) is 17.6. The summed E-state index contributed by atoms with van der Waals surface area (Å²) < 4.78 is 10.5. The normalized spacial score (nSPS) is 12.2. The Kier molecular flexibility index (Phi) is 12.5. The number of carbonyl (C=O) groups is 2. The largest absolute Gasteiger partial charge is 0.508 e. The fourth-order valence-corrected chi connectivity index (χ4v) is 6.59. The van der Waals surface area contributed by atoms with Crippen molar-refractivity contribution >= 4 is 11.9 Å².